The molecule has 4 saturated carbocycles. The highest BCUT2D eigenvalue weighted by atomic mass is 16.7. The Bertz CT molecular complexity index is 777. The van der Waals surface area contributed by atoms with Crippen LogP contribution in [-0.4, -0.2) is 27.1 Å². The van der Waals surface area contributed by atoms with Crippen molar-refractivity contribution in [2.24, 2.45) is 17.8 Å². The van der Waals surface area contributed by atoms with E-state index in [-0.39, 0.29) is 0 Å². The zero-order valence-electron chi connectivity index (χ0n) is 16.3. The fourth-order valence-electron chi connectivity index (χ4n) is 6.50. The van der Waals surface area contributed by atoms with Crippen molar-refractivity contribution in [2.75, 3.05) is 27.1 Å². The van der Waals surface area contributed by atoms with Crippen LogP contribution in [0.15, 0.2) is 36.4 Å². The van der Waals surface area contributed by atoms with Crippen LogP contribution in [0.3, 0.4) is 0 Å². The van der Waals surface area contributed by atoms with Crippen molar-refractivity contribution < 1.29 is 14.2 Å². The number of methoxy groups -OCH3 is 1. The van der Waals surface area contributed by atoms with Crippen LogP contribution in [0.4, 0.5) is 0 Å². The number of rotatable bonds is 7. The lowest BCUT2D eigenvalue weighted by Crippen LogP contribution is -2.48. The van der Waals surface area contributed by atoms with Gasteiger partial charge in [0.2, 0.25) is 0 Å². The molecular weight excluding hydrogens is 336 g/mol. The molecule has 0 radical (unpaired) electrons. The van der Waals surface area contributed by atoms with Crippen LogP contribution in [0.5, 0.6) is 5.75 Å². The highest BCUT2D eigenvalue weighted by molar-refractivity contribution is 5.85. The van der Waals surface area contributed by atoms with E-state index in [2.05, 4.69) is 36.4 Å². The molecule has 3 heteroatoms. The third-order valence-electron chi connectivity index (χ3n) is 7.19. The van der Waals surface area contributed by atoms with Crippen LogP contribution in [0.25, 0.3) is 10.8 Å². The fourth-order valence-corrected chi connectivity index (χ4v) is 6.50. The topological polar surface area (TPSA) is 27.7 Å². The van der Waals surface area contributed by atoms with Crippen molar-refractivity contribution in [1.29, 1.82) is 0 Å². The lowest BCUT2D eigenvalue weighted by Gasteiger charge is -2.57. The standard InChI is InChI=1S/C24H30O3/c1-25-6-7-26-16-27-23-12-21-5-3-2-4-20(21)11-22(23)24-13-17-8-18(14-24)10-19(9-17)15-24/h2-5,11-12,17-19H,6-10,13-16H2,1H3. The van der Waals surface area contributed by atoms with Gasteiger partial charge in [0, 0.05) is 12.7 Å². The third-order valence-corrected chi connectivity index (χ3v) is 7.19. The molecule has 6 rings (SSSR count). The highest BCUT2D eigenvalue weighted by Crippen LogP contribution is 2.62. The fraction of sp³-hybridized carbons (Fsp3) is 0.583. The number of benzene rings is 2. The monoisotopic (exact) mass is 366 g/mol. The van der Waals surface area contributed by atoms with Crippen LogP contribution < -0.4 is 4.74 Å². The minimum Gasteiger partial charge on any atom is -0.467 e. The van der Waals surface area contributed by atoms with Crippen molar-refractivity contribution in [3.05, 3.63) is 42.0 Å². The van der Waals surface area contributed by atoms with E-state index in [0.717, 1.165) is 23.5 Å². The minimum atomic E-state index is 0.293. The van der Waals surface area contributed by atoms with Gasteiger partial charge in [-0.15, -0.1) is 0 Å². The molecule has 4 aliphatic rings. The van der Waals surface area contributed by atoms with Crippen molar-refractivity contribution in [1.82, 2.24) is 0 Å². The SMILES string of the molecule is COCCOCOc1cc2ccccc2cc1C12CC3CC(CC(C3)C1)C2. The highest BCUT2D eigenvalue weighted by Gasteiger charge is 2.52. The maximum Gasteiger partial charge on any atom is 0.189 e. The molecule has 2 aromatic carbocycles. The third kappa shape index (κ3) is 3.25. The molecule has 0 unspecified atom stereocenters. The molecular formula is C24H30O3. The first-order valence-corrected chi connectivity index (χ1v) is 10.5. The Morgan fingerprint density at radius 1 is 0.889 bits per heavy atom. The first-order chi connectivity index (χ1) is 13.3. The van der Waals surface area contributed by atoms with Crippen LogP contribution in [0.1, 0.15) is 44.1 Å². The molecule has 3 nitrogen and oxygen atoms in total. The van der Waals surface area contributed by atoms with Crippen molar-refractivity contribution in [3.63, 3.8) is 0 Å². The van der Waals surface area contributed by atoms with E-state index < -0.39 is 0 Å². The lowest BCUT2D eigenvalue weighted by molar-refractivity contribution is -0.0188. The Labute approximate surface area is 162 Å². The maximum absolute atomic E-state index is 6.20. The molecule has 2 aromatic rings. The molecule has 0 aromatic heterocycles. The Morgan fingerprint density at radius 2 is 1.52 bits per heavy atom. The zero-order valence-corrected chi connectivity index (χ0v) is 16.3. The molecule has 0 aliphatic heterocycles. The molecule has 4 aliphatic carbocycles. The zero-order chi connectivity index (χ0) is 18.3. The van der Waals surface area contributed by atoms with Crippen molar-refractivity contribution in [2.45, 2.75) is 43.9 Å². The van der Waals surface area contributed by atoms with E-state index in [9.17, 15) is 0 Å². The second-order valence-electron chi connectivity index (χ2n) is 9.06. The Morgan fingerprint density at radius 3 is 2.15 bits per heavy atom. The van der Waals surface area contributed by atoms with E-state index in [1.54, 1.807) is 7.11 Å². The molecule has 0 spiro atoms. The van der Waals surface area contributed by atoms with E-state index in [1.165, 1.54) is 54.9 Å². The summed E-state index contributed by atoms with van der Waals surface area (Å²) in [5.74, 6) is 3.81. The molecule has 0 N–H and O–H groups in total. The Hall–Kier alpha value is -1.58. The van der Waals surface area contributed by atoms with Crippen LogP contribution >= 0.6 is 0 Å². The smallest absolute Gasteiger partial charge is 0.189 e. The summed E-state index contributed by atoms with van der Waals surface area (Å²) in [6.45, 7) is 1.46. The van der Waals surface area contributed by atoms with Gasteiger partial charge in [0.25, 0.3) is 0 Å². The van der Waals surface area contributed by atoms with E-state index in [1.807, 2.05) is 0 Å². The number of hydrogen-bond donors (Lipinski definition) is 0. The average Bonchev–Trinajstić information content (AvgIpc) is 2.66. The van der Waals surface area contributed by atoms with Crippen LogP contribution in [0.2, 0.25) is 0 Å². The van der Waals surface area contributed by atoms with E-state index >= 15 is 0 Å². The maximum atomic E-state index is 6.20. The summed E-state index contributed by atoms with van der Waals surface area (Å²) in [5.41, 5.74) is 1.76. The van der Waals surface area contributed by atoms with E-state index in [4.69, 9.17) is 14.2 Å². The van der Waals surface area contributed by atoms with Gasteiger partial charge in [0.05, 0.1) is 13.2 Å². The van der Waals surface area contributed by atoms with E-state index in [0.29, 0.717) is 25.4 Å². The van der Waals surface area contributed by atoms with Crippen LogP contribution in [0, 0.1) is 17.8 Å². The predicted octanol–water partition coefficient (Wildman–Crippen LogP) is 5.31. The summed E-state index contributed by atoms with van der Waals surface area (Å²) in [5, 5.41) is 2.58. The Balaban J connectivity index is 1.49. The summed E-state index contributed by atoms with van der Waals surface area (Å²) in [6.07, 6.45) is 8.42. The molecule has 0 atom stereocenters. The van der Waals surface area contributed by atoms with Gasteiger partial charge < -0.3 is 14.2 Å². The quantitative estimate of drug-likeness (QED) is 0.491. The summed E-state index contributed by atoms with van der Waals surface area (Å²) < 4.78 is 16.9. The second kappa shape index (κ2) is 7.10. The number of ether oxygens (including phenoxy) is 3. The molecule has 144 valence electrons. The Kier molecular flexibility index (Phi) is 4.61. The van der Waals surface area contributed by atoms with Gasteiger partial charge in [-0.25, -0.2) is 0 Å². The second-order valence-corrected chi connectivity index (χ2v) is 9.06. The number of hydrogen-bond acceptors (Lipinski definition) is 3. The summed E-state index contributed by atoms with van der Waals surface area (Å²) >= 11 is 0. The molecule has 0 amide bonds. The molecule has 4 bridgehead atoms. The summed E-state index contributed by atoms with van der Waals surface area (Å²) in [6, 6.07) is 13.3. The first kappa shape index (κ1) is 17.5. The van der Waals surface area contributed by atoms with Gasteiger partial charge in [0.15, 0.2) is 6.79 Å². The molecule has 27 heavy (non-hydrogen) atoms. The first-order valence-electron chi connectivity index (χ1n) is 10.5. The average molecular weight is 367 g/mol. The van der Waals surface area contributed by atoms with Gasteiger partial charge in [-0.05, 0) is 84.6 Å². The van der Waals surface area contributed by atoms with Gasteiger partial charge in [0.1, 0.15) is 5.75 Å². The molecule has 4 fully saturated rings. The van der Waals surface area contributed by atoms with Crippen molar-refractivity contribution in [3.8, 4) is 5.75 Å². The molecule has 0 saturated heterocycles. The van der Waals surface area contributed by atoms with Crippen molar-refractivity contribution >= 4 is 10.8 Å². The predicted molar refractivity (Wildman–Crippen MR) is 107 cm³/mol. The van der Waals surface area contributed by atoms with Gasteiger partial charge in [-0.1, -0.05) is 24.3 Å². The minimum absolute atomic E-state index is 0.293. The largest absolute Gasteiger partial charge is 0.467 e. The van der Waals surface area contributed by atoms with Gasteiger partial charge in [-0.3, -0.25) is 0 Å². The summed E-state index contributed by atoms with van der Waals surface area (Å²) in [7, 11) is 1.69. The number of fused-ring (bicyclic) bond motifs is 1. The normalized spacial score (nSPS) is 31.5. The lowest BCUT2D eigenvalue weighted by atomic mass is 9.48. The van der Waals surface area contributed by atoms with Gasteiger partial charge >= 0.3 is 0 Å². The van der Waals surface area contributed by atoms with Crippen LogP contribution in [-0.2, 0) is 14.9 Å². The summed E-state index contributed by atoms with van der Waals surface area (Å²) in [4.78, 5) is 0. The molecule has 0 heterocycles. The van der Waals surface area contributed by atoms with Gasteiger partial charge in [-0.2, -0.15) is 0 Å².